The monoisotopic (exact) mass is 546 g/mol. The molecular weight excluding hydrogens is 529 g/mol. The summed E-state index contributed by atoms with van der Waals surface area (Å²) in [4.78, 5) is 65.7. The molecule has 1 rings (SSSR count). The molecule has 4 amide bonds. The van der Waals surface area contributed by atoms with Crippen molar-refractivity contribution in [2.75, 3.05) is 32.7 Å². The summed E-state index contributed by atoms with van der Waals surface area (Å²) in [5.74, 6) is -2.56. The van der Waals surface area contributed by atoms with Gasteiger partial charge in [0.1, 0.15) is 0 Å². The molecule has 0 radical (unpaired) electrons. The van der Waals surface area contributed by atoms with Gasteiger partial charge in [0.05, 0.1) is 46.3 Å². The van der Waals surface area contributed by atoms with Crippen LogP contribution >= 0.6 is 48.9 Å². The molecule has 10 nitrogen and oxygen atoms in total. The van der Waals surface area contributed by atoms with E-state index in [1.54, 1.807) is 12.1 Å². The van der Waals surface area contributed by atoms with Crippen molar-refractivity contribution in [3.05, 3.63) is 35.9 Å². The van der Waals surface area contributed by atoms with E-state index in [0.29, 0.717) is 0 Å². The summed E-state index contributed by atoms with van der Waals surface area (Å²) in [6.45, 7) is -0.815. The molecule has 0 fully saturated rings. The molecular formula is C21H18N6O4S4. The van der Waals surface area contributed by atoms with E-state index in [0.717, 1.165) is 5.56 Å². The van der Waals surface area contributed by atoms with Crippen LogP contribution in [0.15, 0.2) is 50.3 Å². The predicted molar refractivity (Wildman–Crippen MR) is 142 cm³/mol. The molecule has 0 saturated carbocycles. The molecule has 0 N–H and O–H groups in total. The maximum absolute atomic E-state index is 12.8. The molecule has 180 valence electrons. The number of hydrogen-bond acceptors (Lipinski definition) is 10. The minimum Gasteiger partial charge on any atom is -0.284 e. The average molecular weight is 547 g/mol. The fraction of sp³-hybridized carbons (Fsp3) is 0.333. The summed E-state index contributed by atoms with van der Waals surface area (Å²) in [7, 11) is 0. The fourth-order valence-corrected chi connectivity index (χ4v) is 3.37. The normalized spacial score (nSPS) is 10.7. The first-order valence-electron chi connectivity index (χ1n) is 9.78. The Hall–Kier alpha value is -2.98. The number of isothiocyanates is 4. The van der Waals surface area contributed by atoms with E-state index in [1.165, 1.54) is 9.80 Å². The Morgan fingerprint density at radius 2 is 1.20 bits per heavy atom. The van der Waals surface area contributed by atoms with Crippen LogP contribution in [0, 0.1) is 0 Å². The first-order valence-corrected chi connectivity index (χ1v) is 11.4. The number of aliphatic imine (C=N–C) groups is 4. The number of carbonyl (C=O) groups excluding carboxylic acids is 4. The summed E-state index contributed by atoms with van der Waals surface area (Å²) >= 11 is 18.0. The van der Waals surface area contributed by atoms with Gasteiger partial charge in [0.25, 0.3) is 23.6 Å². The molecule has 0 aromatic heterocycles. The van der Waals surface area contributed by atoms with Crippen molar-refractivity contribution in [1.29, 1.82) is 0 Å². The molecule has 0 heterocycles. The highest BCUT2D eigenvalue weighted by atomic mass is 32.1. The van der Waals surface area contributed by atoms with E-state index in [9.17, 15) is 19.2 Å². The van der Waals surface area contributed by atoms with Gasteiger partial charge in [-0.1, -0.05) is 30.3 Å². The van der Waals surface area contributed by atoms with Gasteiger partial charge >= 0.3 is 0 Å². The van der Waals surface area contributed by atoms with Crippen LogP contribution in [0.1, 0.15) is 5.56 Å². The second-order valence-corrected chi connectivity index (χ2v) is 7.45. The highest BCUT2D eigenvalue weighted by Gasteiger charge is 2.28. The summed E-state index contributed by atoms with van der Waals surface area (Å²) < 4.78 is 0. The fourth-order valence-electron chi connectivity index (χ4n) is 2.97. The summed E-state index contributed by atoms with van der Waals surface area (Å²) in [6, 6.07) is 8.13. The smallest absolute Gasteiger partial charge is 0.272 e. The molecule has 35 heavy (non-hydrogen) atoms. The van der Waals surface area contributed by atoms with Gasteiger partial charge in [0, 0.05) is 13.1 Å². The van der Waals surface area contributed by atoms with Crippen molar-refractivity contribution in [3.8, 4) is 0 Å². The second kappa shape index (κ2) is 17.5. The van der Waals surface area contributed by atoms with Crippen LogP contribution in [0.2, 0.25) is 0 Å². The largest absolute Gasteiger partial charge is 0.284 e. The van der Waals surface area contributed by atoms with Crippen LogP contribution in [-0.2, 0) is 25.6 Å². The topological polar surface area (TPSA) is 124 Å². The third-order valence-electron chi connectivity index (χ3n) is 4.42. The SMILES string of the molecule is O=C(CN(CCN(CC(=O)N=C=S)C(Cc1ccccc1)C(=O)N=C=S)CC(=O)N=C=S)N=C=S. The van der Waals surface area contributed by atoms with Gasteiger partial charge in [-0.2, -0.15) is 20.0 Å². The second-order valence-electron chi connectivity index (χ2n) is 6.72. The highest BCUT2D eigenvalue weighted by Crippen LogP contribution is 2.12. The number of rotatable bonds is 13. The van der Waals surface area contributed by atoms with Crippen molar-refractivity contribution in [2.24, 2.45) is 20.0 Å². The summed E-state index contributed by atoms with van der Waals surface area (Å²) in [6.07, 6.45) is 0.192. The van der Waals surface area contributed by atoms with Crippen molar-refractivity contribution < 1.29 is 19.2 Å². The minimum atomic E-state index is -0.927. The molecule has 1 unspecified atom stereocenters. The Morgan fingerprint density at radius 3 is 1.69 bits per heavy atom. The van der Waals surface area contributed by atoms with Gasteiger partial charge in [0.15, 0.2) is 0 Å². The van der Waals surface area contributed by atoms with E-state index in [1.807, 2.05) is 38.8 Å². The Labute approximate surface area is 222 Å². The lowest BCUT2D eigenvalue weighted by Crippen LogP contribution is -2.48. The zero-order chi connectivity index (χ0) is 26.1. The van der Waals surface area contributed by atoms with Gasteiger partial charge in [-0.05, 0) is 60.9 Å². The molecule has 0 saturated heterocycles. The number of nitrogens with zero attached hydrogens (tertiary/aromatic N) is 6. The molecule has 0 aliphatic rings. The molecule has 1 aromatic carbocycles. The molecule has 1 atom stereocenters. The van der Waals surface area contributed by atoms with Gasteiger partial charge in [-0.15, -0.1) is 0 Å². The quantitative estimate of drug-likeness (QED) is 0.267. The van der Waals surface area contributed by atoms with Crippen LogP contribution in [-0.4, -0.2) is 92.8 Å². The van der Waals surface area contributed by atoms with E-state index >= 15 is 0 Å². The lowest BCUT2D eigenvalue weighted by Gasteiger charge is -2.30. The number of amides is 4. The van der Waals surface area contributed by atoms with Crippen molar-refractivity contribution in [2.45, 2.75) is 12.5 Å². The van der Waals surface area contributed by atoms with E-state index < -0.39 is 29.7 Å². The van der Waals surface area contributed by atoms with Crippen molar-refractivity contribution >= 4 is 93.1 Å². The first-order chi connectivity index (χ1) is 16.8. The van der Waals surface area contributed by atoms with E-state index in [4.69, 9.17) is 0 Å². The van der Waals surface area contributed by atoms with Gasteiger partial charge in [0.2, 0.25) is 0 Å². The Morgan fingerprint density at radius 1 is 0.714 bits per heavy atom. The molecule has 0 spiro atoms. The van der Waals surface area contributed by atoms with E-state index in [-0.39, 0.29) is 39.1 Å². The number of hydrogen-bond donors (Lipinski definition) is 0. The maximum atomic E-state index is 12.8. The Bertz CT molecular complexity index is 1100. The summed E-state index contributed by atoms with van der Waals surface area (Å²) in [5, 5.41) is 7.98. The zero-order valence-corrected chi connectivity index (χ0v) is 21.4. The van der Waals surface area contributed by atoms with Gasteiger partial charge < -0.3 is 0 Å². The van der Waals surface area contributed by atoms with Crippen molar-refractivity contribution in [3.63, 3.8) is 0 Å². The van der Waals surface area contributed by atoms with Gasteiger partial charge in [-0.3, -0.25) is 29.0 Å². The standard InChI is InChI=1S/C21H18N6O4S4/c28-18(22-12-32)9-26(10-19(29)23-13-33)6-7-27(11-20(30)24-14-34)17(21(31)25-15-35)8-16-4-2-1-3-5-16/h1-5,17H,6-11H2. The third kappa shape index (κ3) is 12.3. The van der Waals surface area contributed by atoms with Crippen LogP contribution < -0.4 is 0 Å². The van der Waals surface area contributed by atoms with Gasteiger partial charge in [-0.25, -0.2) is 0 Å². The molecule has 1 aromatic rings. The maximum Gasteiger partial charge on any atom is 0.272 e. The lowest BCUT2D eigenvalue weighted by molar-refractivity contribution is -0.127. The first kappa shape index (κ1) is 30.1. The lowest BCUT2D eigenvalue weighted by atomic mass is 10.0. The predicted octanol–water partition coefficient (Wildman–Crippen LogP) is 1.72. The number of carbonyl (C=O) groups is 4. The van der Waals surface area contributed by atoms with Crippen LogP contribution in [0.4, 0.5) is 0 Å². The molecule has 0 aliphatic carbocycles. The number of thiocarbonyl (C=S) groups is 4. The van der Waals surface area contributed by atoms with Crippen LogP contribution in [0.3, 0.4) is 0 Å². The minimum absolute atomic E-state index is 0.0397. The number of benzene rings is 1. The molecule has 14 heteroatoms. The summed E-state index contributed by atoms with van der Waals surface area (Å²) in [5.41, 5.74) is 0.800. The van der Waals surface area contributed by atoms with Crippen LogP contribution in [0.25, 0.3) is 0 Å². The zero-order valence-electron chi connectivity index (χ0n) is 18.2. The Balaban J connectivity index is 3.27. The van der Waals surface area contributed by atoms with Crippen LogP contribution in [0.5, 0.6) is 0 Å². The molecule has 0 bridgehead atoms. The Kier molecular flexibility index (Phi) is 15.0. The van der Waals surface area contributed by atoms with Crippen molar-refractivity contribution in [1.82, 2.24) is 9.80 Å². The highest BCUT2D eigenvalue weighted by molar-refractivity contribution is 7.78. The average Bonchev–Trinajstić information content (AvgIpc) is 2.81. The molecule has 0 aliphatic heterocycles. The van der Waals surface area contributed by atoms with E-state index in [2.05, 4.69) is 68.8 Å². The third-order valence-corrected chi connectivity index (χ3v) is 4.79.